The Morgan fingerprint density at radius 2 is 1.90 bits per heavy atom. The maximum absolute atomic E-state index is 12.7. The number of non-ortho nitro benzene ring substituents is 1. The van der Waals surface area contributed by atoms with Gasteiger partial charge >= 0.3 is 0 Å². The summed E-state index contributed by atoms with van der Waals surface area (Å²) in [4.78, 5) is 23.7. The smallest absolute Gasteiger partial charge is 0.270 e. The summed E-state index contributed by atoms with van der Waals surface area (Å²) >= 11 is 1.37. The molecule has 0 N–H and O–H groups in total. The lowest BCUT2D eigenvalue weighted by atomic mass is 10.0. The molecule has 2 aromatic carbocycles. The first-order chi connectivity index (χ1) is 10.1. The first-order valence-electron chi connectivity index (χ1n) is 6.08. The van der Waals surface area contributed by atoms with Gasteiger partial charge in [-0.15, -0.1) is 11.8 Å². The molecule has 0 unspecified atom stereocenters. The van der Waals surface area contributed by atoms with Crippen molar-refractivity contribution in [2.75, 3.05) is 13.4 Å². The zero-order valence-corrected chi connectivity index (χ0v) is 12.3. The Morgan fingerprint density at radius 1 is 1.19 bits per heavy atom. The predicted molar refractivity (Wildman–Crippen MR) is 81.3 cm³/mol. The number of benzene rings is 2. The van der Waals surface area contributed by atoms with Crippen LogP contribution in [-0.4, -0.2) is 24.1 Å². The van der Waals surface area contributed by atoms with Crippen molar-refractivity contribution in [3.05, 3.63) is 63.7 Å². The van der Waals surface area contributed by atoms with Gasteiger partial charge in [0.15, 0.2) is 5.78 Å². The number of hydrogen-bond donors (Lipinski definition) is 0. The maximum Gasteiger partial charge on any atom is 0.270 e. The molecule has 6 heteroatoms. The van der Waals surface area contributed by atoms with Gasteiger partial charge in [-0.05, 0) is 24.5 Å². The van der Waals surface area contributed by atoms with Gasteiger partial charge in [-0.3, -0.25) is 14.9 Å². The molecule has 0 atom stereocenters. The van der Waals surface area contributed by atoms with E-state index in [1.807, 2.05) is 6.26 Å². The van der Waals surface area contributed by atoms with Gasteiger partial charge in [0.25, 0.3) is 5.69 Å². The highest BCUT2D eigenvalue weighted by molar-refractivity contribution is 7.98. The molecule has 0 saturated heterocycles. The number of ether oxygens (including phenoxy) is 1. The topological polar surface area (TPSA) is 69.4 Å². The first kappa shape index (κ1) is 15.1. The number of carbonyl (C=O) groups excluding carboxylic acids is 1. The fourth-order valence-electron chi connectivity index (χ4n) is 1.96. The van der Waals surface area contributed by atoms with Crippen molar-refractivity contribution in [2.45, 2.75) is 4.90 Å². The summed E-state index contributed by atoms with van der Waals surface area (Å²) in [5, 5.41) is 10.9. The summed E-state index contributed by atoms with van der Waals surface area (Å²) in [7, 11) is 1.48. The number of nitrogens with zero attached hydrogens (tertiary/aromatic N) is 1. The molecule has 5 nitrogen and oxygen atoms in total. The van der Waals surface area contributed by atoms with Gasteiger partial charge in [-0.25, -0.2) is 0 Å². The van der Waals surface area contributed by atoms with Gasteiger partial charge in [0.2, 0.25) is 0 Å². The zero-order chi connectivity index (χ0) is 15.4. The second-order valence-corrected chi connectivity index (χ2v) is 5.02. The standard InChI is InChI=1S/C15H13NO4S/c1-20-13-6-4-3-5-11(13)15(17)12-9-10(16(18)19)7-8-14(12)21-2/h3-9H,1-2H3. The lowest BCUT2D eigenvalue weighted by Crippen LogP contribution is -2.06. The van der Waals surface area contributed by atoms with E-state index >= 15 is 0 Å². The third-order valence-electron chi connectivity index (χ3n) is 2.99. The summed E-state index contributed by atoms with van der Waals surface area (Å²) in [5.74, 6) is 0.154. The fraction of sp³-hybridized carbons (Fsp3) is 0.133. The molecular weight excluding hydrogens is 290 g/mol. The van der Waals surface area contributed by atoms with Crippen molar-refractivity contribution in [3.8, 4) is 5.75 Å². The number of thioether (sulfide) groups is 1. The number of rotatable bonds is 5. The molecule has 0 amide bonds. The average molecular weight is 303 g/mol. The van der Waals surface area contributed by atoms with Gasteiger partial charge in [0.1, 0.15) is 5.75 Å². The van der Waals surface area contributed by atoms with Crippen molar-refractivity contribution in [2.24, 2.45) is 0 Å². The van der Waals surface area contributed by atoms with Crippen LogP contribution in [0.1, 0.15) is 15.9 Å². The van der Waals surface area contributed by atoms with Crippen molar-refractivity contribution >= 4 is 23.2 Å². The Bertz CT molecular complexity index is 700. The molecule has 2 rings (SSSR count). The Balaban J connectivity index is 2.56. The molecule has 0 radical (unpaired) electrons. The second kappa shape index (κ2) is 6.41. The lowest BCUT2D eigenvalue weighted by molar-refractivity contribution is -0.384. The van der Waals surface area contributed by atoms with Crippen molar-refractivity contribution in [1.82, 2.24) is 0 Å². The van der Waals surface area contributed by atoms with Crippen LogP contribution < -0.4 is 4.74 Å². The van der Waals surface area contributed by atoms with Crippen molar-refractivity contribution in [1.29, 1.82) is 0 Å². The molecule has 21 heavy (non-hydrogen) atoms. The number of nitro benzene ring substituents is 1. The summed E-state index contributed by atoms with van der Waals surface area (Å²) < 4.78 is 5.18. The summed E-state index contributed by atoms with van der Waals surface area (Å²) in [6.07, 6.45) is 1.82. The number of methoxy groups -OCH3 is 1. The number of para-hydroxylation sites is 1. The largest absolute Gasteiger partial charge is 0.496 e. The maximum atomic E-state index is 12.7. The molecule has 0 spiro atoms. The SMILES string of the molecule is COc1ccccc1C(=O)c1cc([N+](=O)[O-])ccc1SC. The third kappa shape index (κ3) is 3.05. The van der Waals surface area contributed by atoms with Crippen LogP contribution in [0.3, 0.4) is 0 Å². The summed E-state index contributed by atoms with van der Waals surface area (Å²) in [6.45, 7) is 0. The monoisotopic (exact) mass is 303 g/mol. The lowest BCUT2D eigenvalue weighted by Gasteiger charge is -2.09. The normalized spacial score (nSPS) is 10.2. The Hall–Kier alpha value is -2.34. The van der Waals surface area contributed by atoms with E-state index in [-0.39, 0.29) is 11.5 Å². The average Bonchev–Trinajstić information content (AvgIpc) is 2.53. The minimum atomic E-state index is -0.511. The number of hydrogen-bond acceptors (Lipinski definition) is 5. The van der Waals surface area contributed by atoms with Crippen LogP contribution in [0.5, 0.6) is 5.75 Å². The van der Waals surface area contributed by atoms with Crippen LogP contribution >= 0.6 is 11.8 Å². The van der Waals surface area contributed by atoms with E-state index in [9.17, 15) is 14.9 Å². The molecule has 0 aromatic heterocycles. The van der Waals surface area contributed by atoms with Gasteiger partial charge < -0.3 is 4.74 Å². The van der Waals surface area contributed by atoms with Crippen LogP contribution in [0.15, 0.2) is 47.4 Å². The van der Waals surface area contributed by atoms with E-state index in [0.717, 1.165) is 0 Å². The highest BCUT2D eigenvalue weighted by Crippen LogP contribution is 2.29. The zero-order valence-electron chi connectivity index (χ0n) is 11.5. The van der Waals surface area contributed by atoms with Crippen LogP contribution in [0.25, 0.3) is 0 Å². The van der Waals surface area contributed by atoms with Crippen molar-refractivity contribution < 1.29 is 14.5 Å². The molecule has 108 valence electrons. The minimum absolute atomic E-state index is 0.106. The van der Waals surface area contributed by atoms with Crippen LogP contribution in [0.2, 0.25) is 0 Å². The Kier molecular flexibility index (Phi) is 4.59. The van der Waals surface area contributed by atoms with Gasteiger partial charge in [0.05, 0.1) is 17.6 Å². The van der Waals surface area contributed by atoms with Crippen LogP contribution in [0.4, 0.5) is 5.69 Å². The van der Waals surface area contributed by atoms with E-state index < -0.39 is 4.92 Å². The van der Waals surface area contributed by atoms with Gasteiger partial charge in [-0.1, -0.05) is 12.1 Å². The molecule has 0 heterocycles. The summed E-state index contributed by atoms with van der Waals surface area (Å²) in [5.41, 5.74) is 0.586. The molecule has 0 aliphatic rings. The molecule has 0 aliphatic heterocycles. The number of carbonyl (C=O) groups is 1. The fourth-order valence-corrected chi connectivity index (χ4v) is 2.54. The molecule has 2 aromatic rings. The predicted octanol–water partition coefficient (Wildman–Crippen LogP) is 3.56. The van der Waals surface area contributed by atoms with E-state index in [4.69, 9.17) is 4.74 Å². The third-order valence-corrected chi connectivity index (χ3v) is 3.79. The minimum Gasteiger partial charge on any atom is -0.496 e. The number of nitro groups is 1. The van der Waals surface area contributed by atoms with E-state index in [2.05, 4.69) is 0 Å². The highest BCUT2D eigenvalue weighted by Gasteiger charge is 2.20. The quantitative estimate of drug-likeness (QED) is 0.365. The van der Waals surface area contributed by atoms with Gasteiger partial charge in [0, 0.05) is 22.6 Å². The summed E-state index contributed by atoms with van der Waals surface area (Å²) in [6, 6.07) is 11.1. The molecule has 0 saturated carbocycles. The highest BCUT2D eigenvalue weighted by atomic mass is 32.2. The second-order valence-electron chi connectivity index (χ2n) is 4.17. The van der Waals surface area contributed by atoms with E-state index in [0.29, 0.717) is 21.8 Å². The molecule has 0 aliphatic carbocycles. The Labute approximate surface area is 126 Å². The van der Waals surface area contributed by atoms with E-state index in [1.165, 1.54) is 31.0 Å². The van der Waals surface area contributed by atoms with Crippen LogP contribution in [-0.2, 0) is 0 Å². The van der Waals surface area contributed by atoms with Crippen LogP contribution in [0, 0.1) is 10.1 Å². The van der Waals surface area contributed by atoms with Crippen molar-refractivity contribution in [3.63, 3.8) is 0 Å². The molecule has 0 bridgehead atoms. The molecule has 0 fully saturated rings. The Morgan fingerprint density at radius 3 is 2.52 bits per heavy atom. The molecular formula is C15H13NO4S. The van der Waals surface area contributed by atoms with Gasteiger partial charge in [-0.2, -0.15) is 0 Å². The first-order valence-corrected chi connectivity index (χ1v) is 7.31. The van der Waals surface area contributed by atoms with E-state index in [1.54, 1.807) is 30.3 Å². The number of ketones is 1.